The molecule has 0 amide bonds. The van der Waals surface area contributed by atoms with Gasteiger partial charge in [0.2, 0.25) is 10.0 Å². The Morgan fingerprint density at radius 1 is 1.37 bits per heavy atom. The first-order valence-corrected chi connectivity index (χ1v) is 8.34. The van der Waals surface area contributed by atoms with E-state index in [4.69, 9.17) is 5.73 Å². The van der Waals surface area contributed by atoms with E-state index in [1.807, 2.05) is 6.07 Å². The third-order valence-electron chi connectivity index (χ3n) is 3.43. The van der Waals surface area contributed by atoms with Crippen molar-refractivity contribution < 1.29 is 8.42 Å². The third-order valence-corrected chi connectivity index (χ3v) is 5.37. The summed E-state index contributed by atoms with van der Waals surface area (Å²) in [6.45, 7) is 3.06. The van der Waals surface area contributed by atoms with E-state index in [-0.39, 0.29) is 6.04 Å². The van der Waals surface area contributed by atoms with E-state index >= 15 is 0 Å². The van der Waals surface area contributed by atoms with Gasteiger partial charge in [-0.3, -0.25) is 0 Å². The van der Waals surface area contributed by atoms with Gasteiger partial charge in [0.25, 0.3) is 0 Å². The van der Waals surface area contributed by atoms with Crippen molar-refractivity contribution in [2.75, 3.05) is 6.54 Å². The Bertz CT molecular complexity index is 524. The van der Waals surface area contributed by atoms with Crippen LogP contribution in [0.15, 0.2) is 29.2 Å². The number of unbranched alkanes of at least 4 members (excludes halogenated alkanes) is 1. The fraction of sp³-hybridized carbons (Fsp3) is 0.571. The van der Waals surface area contributed by atoms with Crippen LogP contribution in [0.25, 0.3) is 0 Å². The summed E-state index contributed by atoms with van der Waals surface area (Å²) in [6, 6.07) is 7.18. The van der Waals surface area contributed by atoms with Crippen molar-refractivity contribution in [2.24, 2.45) is 5.73 Å². The van der Waals surface area contributed by atoms with Gasteiger partial charge in [-0.25, -0.2) is 8.42 Å². The van der Waals surface area contributed by atoms with E-state index in [0.29, 0.717) is 18.0 Å². The van der Waals surface area contributed by atoms with Crippen molar-refractivity contribution in [2.45, 2.75) is 50.1 Å². The van der Waals surface area contributed by atoms with E-state index in [0.717, 1.165) is 31.2 Å². The van der Waals surface area contributed by atoms with Gasteiger partial charge in [0, 0.05) is 19.1 Å². The SMILES string of the molecule is CCCCN(C1CC1)S(=O)(=O)c1cccc(CN)c1. The highest BCUT2D eigenvalue weighted by molar-refractivity contribution is 7.89. The molecule has 0 bridgehead atoms. The van der Waals surface area contributed by atoms with Crippen LogP contribution < -0.4 is 5.73 Å². The fourth-order valence-corrected chi connectivity index (χ4v) is 3.94. The summed E-state index contributed by atoms with van der Waals surface area (Å²) in [4.78, 5) is 0.374. The zero-order valence-electron chi connectivity index (χ0n) is 11.4. The Balaban J connectivity index is 2.27. The molecule has 0 spiro atoms. The van der Waals surface area contributed by atoms with Gasteiger partial charge >= 0.3 is 0 Å². The van der Waals surface area contributed by atoms with Gasteiger partial charge < -0.3 is 5.73 Å². The lowest BCUT2D eigenvalue weighted by Gasteiger charge is -2.22. The predicted octanol–water partition coefficient (Wildman–Crippen LogP) is 2.10. The van der Waals surface area contributed by atoms with Crippen molar-refractivity contribution in [1.82, 2.24) is 4.31 Å². The minimum absolute atomic E-state index is 0.207. The van der Waals surface area contributed by atoms with Gasteiger partial charge in [-0.2, -0.15) is 4.31 Å². The molecule has 0 atom stereocenters. The summed E-state index contributed by atoms with van der Waals surface area (Å²) >= 11 is 0. The number of nitrogens with zero attached hydrogens (tertiary/aromatic N) is 1. The molecular formula is C14H22N2O2S. The molecule has 5 heteroatoms. The molecule has 2 N–H and O–H groups in total. The van der Waals surface area contributed by atoms with E-state index < -0.39 is 10.0 Å². The van der Waals surface area contributed by atoms with Crippen LogP contribution in [0.2, 0.25) is 0 Å². The lowest BCUT2D eigenvalue weighted by atomic mass is 10.2. The molecule has 106 valence electrons. The molecule has 0 radical (unpaired) electrons. The smallest absolute Gasteiger partial charge is 0.243 e. The van der Waals surface area contributed by atoms with Crippen LogP contribution >= 0.6 is 0 Å². The molecule has 0 aliphatic heterocycles. The predicted molar refractivity (Wildman–Crippen MR) is 76.2 cm³/mol. The first-order chi connectivity index (χ1) is 9.09. The molecule has 1 aliphatic carbocycles. The number of rotatable bonds is 7. The van der Waals surface area contributed by atoms with Crippen LogP contribution in [0, 0.1) is 0 Å². The summed E-state index contributed by atoms with van der Waals surface area (Å²) in [5.41, 5.74) is 6.44. The van der Waals surface area contributed by atoms with E-state index in [1.54, 1.807) is 22.5 Å². The van der Waals surface area contributed by atoms with Gasteiger partial charge in [0.05, 0.1) is 4.90 Å². The number of sulfonamides is 1. The van der Waals surface area contributed by atoms with Crippen molar-refractivity contribution in [3.05, 3.63) is 29.8 Å². The van der Waals surface area contributed by atoms with E-state index in [2.05, 4.69) is 6.92 Å². The molecule has 1 aromatic rings. The van der Waals surface area contributed by atoms with Gasteiger partial charge in [-0.1, -0.05) is 25.5 Å². The molecule has 0 heterocycles. The highest BCUT2D eigenvalue weighted by Crippen LogP contribution is 2.32. The highest BCUT2D eigenvalue weighted by Gasteiger charge is 2.37. The molecule has 1 fully saturated rings. The van der Waals surface area contributed by atoms with Crippen LogP contribution in [0.3, 0.4) is 0 Å². The summed E-state index contributed by atoms with van der Waals surface area (Å²) in [6.07, 6.45) is 3.88. The fourth-order valence-electron chi connectivity index (χ4n) is 2.14. The third kappa shape index (κ3) is 3.35. The molecule has 19 heavy (non-hydrogen) atoms. The van der Waals surface area contributed by atoms with Crippen LogP contribution in [0.1, 0.15) is 38.2 Å². The molecular weight excluding hydrogens is 260 g/mol. The second-order valence-electron chi connectivity index (χ2n) is 5.05. The van der Waals surface area contributed by atoms with E-state index in [9.17, 15) is 8.42 Å². The van der Waals surface area contributed by atoms with Crippen molar-refractivity contribution in [3.8, 4) is 0 Å². The van der Waals surface area contributed by atoms with Crippen LogP contribution in [-0.2, 0) is 16.6 Å². The zero-order chi connectivity index (χ0) is 13.9. The highest BCUT2D eigenvalue weighted by atomic mass is 32.2. The molecule has 0 aromatic heterocycles. The molecule has 1 saturated carbocycles. The van der Waals surface area contributed by atoms with Gasteiger partial charge in [-0.05, 0) is 37.0 Å². The van der Waals surface area contributed by atoms with Crippen molar-refractivity contribution in [1.29, 1.82) is 0 Å². The second-order valence-corrected chi connectivity index (χ2v) is 6.94. The standard InChI is InChI=1S/C14H22N2O2S/c1-2-3-9-16(13-7-8-13)19(17,18)14-6-4-5-12(10-14)11-15/h4-6,10,13H,2-3,7-9,11,15H2,1H3. The Morgan fingerprint density at radius 2 is 2.11 bits per heavy atom. The van der Waals surface area contributed by atoms with E-state index in [1.165, 1.54) is 0 Å². The lowest BCUT2D eigenvalue weighted by molar-refractivity contribution is 0.395. The summed E-state index contributed by atoms with van der Waals surface area (Å²) in [7, 11) is -3.36. The first kappa shape index (κ1) is 14.5. The quantitative estimate of drug-likeness (QED) is 0.833. The first-order valence-electron chi connectivity index (χ1n) is 6.90. The maximum atomic E-state index is 12.7. The molecule has 0 saturated heterocycles. The van der Waals surface area contributed by atoms with Gasteiger partial charge in [0.1, 0.15) is 0 Å². The minimum Gasteiger partial charge on any atom is -0.326 e. The average molecular weight is 282 g/mol. The van der Waals surface area contributed by atoms with Crippen LogP contribution in [0.4, 0.5) is 0 Å². The van der Waals surface area contributed by atoms with Gasteiger partial charge in [-0.15, -0.1) is 0 Å². The Morgan fingerprint density at radius 3 is 2.68 bits per heavy atom. The van der Waals surface area contributed by atoms with Crippen molar-refractivity contribution in [3.63, 3.8) is 0 Å². The molecule has 2 rings (SSSR count). The number of hydrogen-bond acceptors (Lipinski definition) is 3. The monoisotopic (exact) mass is 282 g/mol. The maximum Gasteiger partial charge on any atom is 0.243 e. The normalized spacial score (nSPS) is 15.9. The van der Waals surface area contributed by atoms with Gasteiger partial charge in [0.15, 0.2) is 0 Å². The van der Waals surface area contributed by atoms with Crippen LogP contribution in [0.5, 0.6) is 0 Å². The number of hydrogen-bond donors (Lipinski definition) is 1. The van der Waals surface area contributed by atoms with Crippen molar-refractivity contribution >= 4 is 10.0 Å². The number of benzene rings is 1. The topological polar surface area (TPSA) is 63.4 Å². The second kappa shape index (κ2) is 6.03. The Hall–Kier alpha value is -0.910. The Labute approximate surface area is 115 Å². The average Bonchev–Trinajstić information content (AvgIpc) is 3.23. The lowest BCUT2D eigenvalue weighted by Crippen LogP contribution is -2.34. The minimum atomic E-state index is -3.36. The molecule has 1 aromatic carbocycles. The maximum absolute atomic E-state index is 12.7. The largest absolute Gasteiger partial charge is 0.326 e. The summed E-state index contributed by atoms with van der Waals surface area (Å²) in [5.74, 6) is 0. The summed E-state index contributed by atoms with van der Waals surface area (Å²) < 4.78 is 27.0. The molecule has 0 unspecified atom stereocenters. The Kier molecular flexibility index (Phi) is 4.60. The molecule has 4 nitrogen and oxygen atoms in total. The zero-order valence-corrected chi connectivity index (χ0v) is 12.2. The molecule has 1 aliphatic rings. The van der Waals surface area contributed by atoms with Crippen LogP contribution in [-0.4, -0.2) is 25.3 Å². The number of nitrogens with two attached hydrogens (primary N) is 1. The summed E-state index contributed by atoms with van der Waals surface area (Å²) in [5, 5.41) is 0.